The first-order chi connectivity index (χ1) is 7.15. The molecular weight excluding hydrogens is 284 g/mol. The van der Waals surface area contributed by atoms with Crippen LogP contribution in [0, 0.1) is 5.82 Å². The van der Waals surface area contributed by atoms with E-state index in [1.54, 1.807) is 0 Å². The maximum atomic E-state index is 13.8. The Balaban J connectivity index is 2.50. The number of likely N-dealkylation sites (N-methyl/N-ethyl adjacent to an activating group) is 1. The minimum Gasteiger partial charge on any atom is -0.490 e. The molecule has 1 aromatic rings. The van der Waals surface area contributed by atoms with Gasteiger partial charge >= 0.3 is 0 Å². The highest BCUT2D eigenvalue weighted by Crippen LogP contribution is 2.42. The zero-order chi connectivity index (χ0) is 11.0. The van der Waals surface area contributed by atoms with E-state index in [-0.39, 0.29) is 11.1 Å². The Morgan fingerprint density at radius 2 is 2.47 bits per heavy atom. The molecule has 1 aliphatic heterocycles. The van der Waals surface area contributed by atoms with Crippen LogP contribution in [-0.2, 0) is 0 Å². The van der Waals surface area contributed by atoms with Gasteiger partial charge in [-0.25, -0.2) is 4.39 Å². The van der Waals surface area contributed by atoms with E-state index in [1.807, 2.05) is 6.92 Å². The molecule has 0 fully saturated rings. The molecule has 0 saturated carbocycles. The summed E-state index contributed by atoms with van der Waals surface area (Å²) >= 11 is 9.08. The number of ether oxygens (including phenoxy) is 1. The van der Waals surface area contributed by atoms with Gasteiger partial charge in [0, 0.05) is 0 Å². The molecule has 1 unspecified atom stereocenters. The van der Waals surface area contributed by atoms with Crippen LogP contribution < -0.4 is 10.1 Å². The highest BCUT2D eigenvalue weighted by atomic mass is 79.9. The largest absolute Gasteiger partial charge is 0.490 e. The van der Waals surface area contributed by atoms with Gasteiger partial charge in [0.1, 0.15) is 18.2 Å². The van der Waals surface area contributed by atoms with Crippen LogP contribution in [0.25, 0.3) is 0 Å². The third-order valence-electron chi connectivity index (χ3n) is 2.35. The minimum atomic E-state index is -0.390. The van der Waals surface area contributed by atoms with Gasteiger partial charge in [0.05, 0.1) is 21.1 Å². The van der Waals surface area contributed by atoms with Gasteiger partial charge in [0.25, 0.3) is 0 Å². The molecule has 5 heteroatoms. The fourth-order valence-electron chi connectivity index (χ4n) is 1.71. The lowest BCUT2D eigenvalue weighted by Crippen LogP contribution is -2.22. The summed E-state index contributed by atoms with van der Waals surface area (Å²) in [5, 5.41) is 3.27. The highest BCUT2D eigenvalue weighted by molar-refractivity contribution is 9.10. The second-order valence-electron chi connectivity index (χ2n) is 3.32. The average Bonchev–Trinajstić information content (AvgIpc) is 2.60. The first-order valence-electron chi connectivity index (χ1n) is 4.68. The van der Waals surface area contributed by atoms with Crippen LogP contribution in [-0.4, -0.2) is 13.2 Å². The summed E-state index contributed by atoms with van der Waals surface area (Å²) in [6.45, 7) is 3.17. The van der Waals surface area contributed by atoms with Gasteiger partial charge in [-0.2, -0.15) is 0 Å². The molecule has 0 aliphatic carbocycles. The number of nitrogens with one attached hydrogen (secondary N) is 1. The standard InChI is InChI=1S/C10H10BrClFNO/c1-2-14-7-4-15-10-5(11)3-6(12)9(13)8(7)10/h3,7,14H,2,4H2,1H3. The quantitative estimate of drug-likeness (QED) is 0.845. The van der Waals surface area contributed by atoms with Crippen molar-refractivity contribution < 1.29 is 9.13 Å². The molecule has 1 aliphatic rings. The molecule has 2 nitrogen and oxygen atoms in total. The molecule has 1 aromatic carbocycles. The van der Waals surface area contributed by atoms with E-state index in [2.05, 4.69) is 21.2 Å². The highest BCUT2D eigenvalue weighted by Gasteiger charge is 2.30. The zero-order valence-corrected chi connectivity index (χ0v) is 10.5. The summed E-state index contributed by atoms with van der Waals surface area (Å²) in [6, 6.07) is 1.41. The number of fused-ring (bicyclic) bond motifs is 1. The van der Waals surface area contributed by atoms with Crippen molar-refractivity contribution in [2.75, 3.05) is 13.2 Å². The molecule has 0 aromatic heterocycles. The lowest BCUT2D eigenvalue weighted by atomic mass is 10.1. The molecule has 2 rings (SSSR count). The topological polar surface area (TPSA) is 21.3 Å². The summed E-state index contributed by atoms with van der Waals surface area (Å²) in [7, 11) is 0. The van der Waals surface area contributed by atoms with Crippen molar-refractivity contribution in [3.63, 3.8) is 0 Å². The molecule has 82 valence electrons. The zero-order valence-electron chi connectivity index (χ0n) is 8.11. The first-order valence-corrected chi connectivity index (χ1v) is 5.85. The molecule has 1 N–H and O–H groups in total. The molecule has 0 amide bonds. The van der Waals surface area contributed by atoms with Crippen molar-refractivity contribution in [2.45, 2.75) is 13.0 Å². The van der Waals surface area contributed by atoms with Crippen molar-refractivity contribution in [3.8, 4) is 5.75 Å². The van der Waals surface area contributed by atoms with Gasteiger partial charge in [-0.05, 0) is 28.5 Å². The van der Waals surface area contributed by atoms with Crippen molar-refractivity contribution in [1.82, 2.24) is 5.32 Å². The molecule has 1 heterocycles. The number of benzene rings is 1. The maximum absolute atomic E-state index is 13.8. The van der Waals surface area contributed by atoms with Gasteiger partial charge in [-0.1, -0.05) is 18.5 Å². The van der Waals surface area contributed by atoms with E-state index in [9.17, 15) is 4.39 Å². The summed E-state index contributed by atoms with van der Waals surface area (Å²) in [5.41, 5.74) is 0.524. The molecular formula is C10H10BrClFNO. The fraction of sp³-hybridized carbons (Fsp3) is 0.400. The predicted molar refractivity (Wildman–Crippen MR) is 61.0 cm³/mol. The van der Waals surface area contributed by atoms with Crippen LogP contribution >= 0.6 is 27.5 Å². The molecule has 15 heavy (non-hydrogen) atoms. The van der Waals surface area contributed by atoms with Gasteiger partial charge in [0.15, 0.2) is 0 Å². The second-order valence-corrected chi connectivity index (χ2v) is 4.58. The molecule has 0 bridgehead atoms. The Bertz CT molecular complexity index is 399. The van der Waals surface area contributed by atoms with Crippen molar-refractivity contribution in [2.24, 2.45) is 0 Å². The normalized spacial score (nSPS) is 18.8. The van der Waals surface area contributed by atoms with Crippen LogP contribution in [0.1, 0.15) is 18.5 Å². The van der Waals surface area contributed by atoms with Gasteiger partial charge < -0.3 is 10.1 Å². The van der Waals surface area contributed by atoms with Crippen molar-refractivity contribution >= 4 is 27.5 Å². The Labute approximate surface area is 101 Å². The van der Waals surface area contributed by atoms with Crippen LogP contribution in [0.3, 0.4) is 0 Å². The molecule has 0 saturated heterocycles. The number of hydrogen-bond acceptors (Lipinski definition) is 2. The SMILES string of the molecule is CCNC1COc2c(Br)cc(Cl)c(F)c21. The first kappa shape index (κ1) is 11.2. The molecule has 1 atom stereocenters. The van der Waals surface area contributed by atoms with Crippen LogP contribution in [0.4, 0.5) is 4.39 Å². The summed E-state index contributed by atoms with van der Waals surface area (Å²) < 4.78 is 19.9. The number of rotatable bonds is 2. The molecule has 0 spiro atoms. The Hall–Kier alpha value is -0.320. The van der Waals surface area contributed by atoms with E-state index in [1.165, 1.54) is 6.07 Å². The monoisotopic (exact) mass is 293 g/mol. The lowest BCUT2D eigenvalue weighted by Gasteiger charge is -2.10. The van der Waals surface area contributed by atoms with E-state index in [0.717, 1.165) is 6.54 Å². The van der Waals surface area contributed by atoms with Gasteiger partial charge in [-0.15, -0.1) is 0 Å². The summed E-state index contributed by atoms with van der Waals surface area (Å²) in [5.74, 6) is 0.168. The summed E-state index contributed by atoms with van der Waals surface area (Å²) in [6.07, 6.45) is 0. The lowest BCUT2D eigenvalue weighted by molar-refractivity contribution is 0.311. The number of hydrogen-bond donors (Lipinski definition) is 1. The minimum absolute atomic E-state index is 0.111. The molecule has 0 radical (unpaired) electrons. The van der Waals surface area contributed by atoms with E-state index in [0.29, 0.717) is 22.4 Å². The van der Waals surface area contributed by atoms with E-state index in [4.69, 9.17) is 16.3 Å². The smallest absolute Gasteiger partial charge is 0.150 e. The van der Waals surface area contributed by atoms with Crippen LogP contribution in [0.5, 0.6) is 5.75 Å². The predicted octanol–water partition coefficient (Wildman–Crippen LogP) is 3.28. The Kier molecular flexibility index (Phi) is 3.19. The van der Waals surface area contributed by atoms with Gasteiger partial charge in [0.2, 0.25) is 0 Å². The fourth-order valence-corrected chi connectivity index (χ4v) is 2.61. The number of halogens is 3. The van der Waals surface area contributed by atoms with Crippen LogP contribution in [0.15, 0.2) is 10.5 Å². The third kappa shape index (κ3) is 1.86. The Morgan fingerprint density at radius 3 is 3.13 bits per heavy atom. The summed E-state index contributed by atoms with van der Waals surface area (Å²) in [4.78, 5) is 0. The van der Waals surface area contributed by atoms with Crippen molar-refractivity contribution in [1.29, 1.82) is 0 Å². The van der Waals surface area contributed by atoms with E-state index < -0.39 is 5.82 Å². The van der Waals surface area contributed by atoms with Crippen LogP contribution in [0.2, 0.25) is 5.02 Å². The third-order valence-corrected chi connectivity index (χ3v) is 3.22. The van der Waals surface area contributed by atoms with Crippen molar-refractivity contribution in [3.05, 3.63) is 26.9 Å². The average molecular weight is 295 g/mol. The maximum Gasteiger partial charge on any atom is 0.150 e. The second kappa shape index (κ2) is 4.28. The van der Waals surface area contributed by atoms with E-state index >= 15 is 0 Å². The van der Waals surface area contributed by atoms with Gasteiger partial charge in [-0.3, -0.25) is 0 Å². The Morgan fingerprint density at radius 1 is 1.73 bits per heavy atom.